The molecule has 0 N–H and O–H groups in total. The van der Waals surface area contributed by atoms with Crippen molar-refractivity contribution in [3.63, 3.8) is 0 Å². The number of hydrogen-bond donors (Lipinski definition) is 0. The molecule has 0 saturated heterocycles. The summed E-state index contributed by atoms with van der Waals surface area (Å²) in [6.07, 6.45) is 0. The monoisotopic (exact) mass is 274 g/mol. The fourth-order valence-corrected chi connectivity index (χ4v) is 1.28. The topological polar surface area (TPSA) is 17.1 Å². The Balaban J connectivity index is 3.06. The zero-order valence-corrected chi connectivity index (χ0v) is 9.33. The first-order valence-electron chi connectivity index (χ1n) is 3.80. The fraction of sp³-hybridized carbons (Fsp3) is 0.300. The first-order valence-corrected chi connectivity index (χ1v) is 4.88. The van der Waals surface area contributed by atoms with E-state index in [4.69, 9.17) is 0 Å². The summed E-state index contributed by atoms with van der Waals surface area (Å²) in [7, 11) is 0. The number of carbonyl (C=O) groups excluding carboxylic acids is 1. The molecule has 0 radical (unpaired) electrons. The third kappa shape index (κ3) is 1.86. The first-order chi connectivity index (χ1) is 5.55. The van der Waals surface area contributed by atoms with Gasteiger partial charge in [0.05, 0.1) is 5.41 Å². The molecule has 0 spiro atoms. The summed E-state index contributed by atoms with van der Waals surface area (Å²) in [6.45, 7) is 3.88. The third-order valence-electron chi connectivity index (χ3n) is 1.99. The Morgan fingerprint density at radius 2 is 1.75 bits per heavy atom. The highest BCUT2D eigenvalue weighted by molar-refractivity contribution is 14.1. The summed E-state index contributed by atoms with van der Waals surface area (Å²) in [5.41, 5.74) is 0.714. The van der Waals surface area contributed by atoms with E-state index < -0.39 is 0 Å². The molecule has 0 atom stereocenters. The largest absolute Gasteiger partial charge is 0.287 e. The van der Waals surface area contributed by atoms with Crippen LogP contribution >= 0.6 is 22.6 Å². The van der Waals surface area contributed by atoms with Crippen LogP contribution in [0.15, 0.2) is 30.3 Å². The average molecular weight is 274 g/mol. The summed E-state index contributed by atoms with van der Waals surface area (Å²) in [6, 6.07) is 9.83. The van der Waals surface area contributed by atoms with Gasteiger partial charge in [0.2, 0.25) is 3.79 Å². The van der Waals surface area contributed by atoms with Crippen LogP contribution in [0.3, 0.4) is 0 Å². The SMILES string of the molecule is CC(C)(C(=O)I)c1ccccc1. The molecule has 0 aromatic heterocycles. The standard InChI is InChI=1S/C10H11IO/c1-10(2,9(11)12)8-6-4-3-5-7-8/h3-7H,1-2H3. The van der Waals surface area contributed by atoms with Gasteiger partial charge in [0, 0.05) is 22.6 Å². The summed E-state index contributed by atoms with van der Waals surface area (Å²) >= 11 is 1.85. The van der Waals surface area contributed by atoms with Crippen molar-refractivity contribution in [2.75, 3.05) is 0 Å². The maximum absolute atomic E-state index is 11.3. The lowest BCUT2D eigenvalue weighted by Gasteiger charge is -2.19. The van der Waals surface area contributed by atoms with E-state index in [2.05, 4.69) is 0 Å². The summed E-state index contributed by atoms with van der Waals surface area (Å²) in [5, 5.41) is 0. The van der Waals surface area contributed by atoms with Crippen LogP contribution in [-0.4, -0.2) is 3.79 Å². The molecule has 0 fully saturated rings. The van der Waals surface area contributed by atoms with Gasteiger partial charge < -0.3 is 0 Å². The van der Waals surface area contributed by atoms with E-state index in [1.807, 2.05) is 66.8 Å². The molecule has 0 saturated carbocycles. The Labute approximate surface area is 86.3 Å². The van der Waals surface area contributed by atoms with Gasteiger partial charge in [-0.05, 0) is 19.4 Å². The average Bonchev–Trinajstić information content (AvgIpc) is 2.06. The van der Waals surface area contributed by atoms with Crippen molar-refractivity contribution in [1.29, 1.82) is 0 Å². The smallest absolute Gasteiger partial charge is 0.202 e. The number of carbonyl (C=O) groups is 1. The Kier molecular flexibility index (Phi) is 2.88. The maximum Gasteiger partial charge on any atom is 0.202 e. The summed E-state index contributed by atoms with van der Waals surface area (Å²) < 4.78 is 0.173. The minimum atomic E-state index is -0.359. The molecule has 0 aliphatic carbocycles. The number of rotatable bonds is 2. The second-order valence-electron chi connectivity index (χ2n) is 3.26. The van der Waals surface area contributed by atoms with Crippen LogP contribution in [0.5, 0.6) is 0 Å². The van der Waals surface area contributed by atoms with Gasteiger partial charge in [-0.3, -0.25) is 4.79 Å². The normalized spacial score (nSPS) is 11.2. The number of hydrogen-bond acceptors (Lipinski definition) is 1. The minimum Gasteiger partial charge on any atom is -0.287 e. The Morgan fingerprint density at radius 1 is 1.25 bits per heavy atom. The van der Waals surface area contributed by atoms with E-state index in [1.54, 1.807) is 0 Å². The predicted octanol–water partition coefficient (Wildman–Crippen LogP) is 2.93. The second-order valence-corrected chi connectivity index (χ2v) is 4.24. The van der Waals surface area contributed by atoms with Crippen molar-refractivity contribution in [3.05, 3.63) is 35.9 Å². The van der Waals surface area contributed by atoms with Gasteiger partial charge >= 0.3 is 0 Å². The number of halogens is 1. The van der Waals surface area contributed by atoms with Gasteiger partial charge in [-0.25, -0.2) is 0 Å². The minimum absolute atomic E-state index is 0.173. The molecule has 0 heterocycles. The molecule has 0 amide bonds. The highest BCUT2D eigenvalue weighted by atomic mass is 127. The Morgan fingerprint density at radius 3 is 2.17 bits per heavy atom. The lowest BCUT2D eigenvalue weighted by atomic mass is 9.86. The van der Waals surface area contributed by atoms with Crippen molar-refractivity contribution < 1.29 is 4.79 Å². The van der Waals surface area contributed by atoms with Crippen LogP contribution in [0, 0.1) is 0 Å². The molecule has 0 aliphatic rings. The zero-order chi connectivity index (χ0) is 9.19. The van der Waals surface area contributed by atoms with Crippen LogP contribution in [0.1, 0.15) is 19.4 Å². The lowest BCUT2D eigenvalue weighted by Crippen LogP contribution is -2.23. The van der Waals surface area contributed by atoms with E-state index in [9.17, 15) is 4.79 Å². The summed E-state index contributed by atoms with van der Waals surface area (Å²) in [5.74, 6) is 0. The van der Waals surface area contributed by atoms with Gasteiger partial charge in [0.1, 0.15) is 0 Å². The number of benzene rings is 1. The van der Waals surface area contributed by atoms with Crippen LogP contribution in [0.25, 0.3) is 0 Å². The van der Waals surface area contributed by atoms with Gasteiger partial charge in [-0.2, -0.15) is 0 Å². The molecule has 1 nitrogen and oxygen atoms in total. The molecule has 1 rings (SSSR count). The quantitative estimate of drug-likeness (QED) is 0.598. The molecule has 1 aromatic carbocycles. The molecule has 0 bridgehead atoms. The zero-order valence-electron chi connectivity index (χ0n) is 7.17. The van der Waals surface area contributed by atoms with E-state index in [-0.39, 0.29) is 9.20 Å². The molecule has 1 aromatic rings. The van der Waals surface area contributed by atoms with Crippen LogP contribution in [-0.2, 0) is 10.2 Å². The lowest BCUT2D eigenvalue weighted by molar-refractivity contribution is -0.113. The highest BCUT2D eigenvalue weighted by Crippen LogP contribution is 2.26. The van der Waals surface area contributed by atoms with Crippen LogP contribution < -0.4 is 0 Å². The van der Waals surface area contributed by atoms with Gasteiger partial charge in [0.15, 0.2) is 0 Å². The van der Waals surface area contributed by atoms with Crippen LogP contribution in [0.2, 0.25) is 0 Å². The molecular formula is C10H11IO. The van der Waals surface area contributed by atoms with Gasteiger partial charge in [-0.1, -0.05) is 30.3 Å². The highest BCUT2D eigenvalue weighted by Gasteiger charge is 2.26. The molecule has 0 aliphatic heterocycles. The molecular weight excluding hydrogens is 263 g/mol. The van der Waals surface area contributed by atoms with Crippen molar-refractivity contribution in [1.82, 2.24) is 0 Å². The fourth-order valence-electron chi connectivity index (χ4n) is 0.968. The van der Waals surface area contributed by atoms with E-state index in [0.29, 0.717) is 0 Å². The Bertz CT molecular complexity index is 277. The van der Waals surface area contributed by atoms with Crippen molar-refractivity contribution >= 4 is 26.4 Å². The van der Waals surface area contributed by atoms with Crippen molar-refractivity contribution in [2.24, 2.45) is 0 Å². The molecule has 12 heavy (non-hydrogen) atoms. The van der Waals surface area contributed by atoms with Crippen molar-refractivity contribution in [3.8, 4) is 0 Å². The van der Waals surface area contributed by atoms with E-state index in [1.165, 1.54) is 0 Å². The second kappa shape index (κ2) is 3.56. The molecule has 2 heteroatoms. The predicted molar refractivity (Wildman–Crippen MR) is 58.5 cm³/mol. The van der Waals surface area contributed by atoms with E-state index >= 15 is 0 Å². The molecule has 64 valence electrons. The molecule has 0 unspecified atom stereocenters. The van der Waals surface area contributed by atoms with Crippen molar-refractivity contribution in [2.45, 2.75) is 19.3 Å². The van der Waals surface area contributed by atoms with Gasteiger partial charge in [-0.15, -0.1) is 0 Å². The third-order valence-corrected chi connectivity index (χ3v) is 3.34. The summed E-state index contributed by atoms with van der Waals surface area (Å²) in [4.78, 5) is 11.3. The van der Waals surface area contributed by atoms with Gasteiger partial charge in [0.25, 0.3) is 0 Å². The Hall–Kier alpha value is -0.380. The maximum atomic E-state index is 11.3. The van der Waals surface area contributed by atoms with E-state index in [0.717, 1.165) is 5.56 Å². The first kappa shape index (κ1) is 9.71. The van der Waals surface area contributed by atoms with Crippen LogP contribution in [0.4, 0.5) is 0 Å².